The number of carbonyl (C=O) groups excluding carboxylic acids is 1. The maximum atomic E-state index is 11.0. The Labute approximate surface area is 106 Å². The second-order valence-electron chi connectivity index (χ2n) is 3.80. The van der Waals surface area contributed by atoms with Crippen molar-refractivity contribution in [1.29, 1.82) is 0 Å². The highest BCUT2D eigenvalue weighted by atomic mass is 32.1. The molecule has 1 unspecified atom stereocenters. The molecule has 1 aromatic rings. The minimum absolute atomic E-state index is 0.244. The SMILES string of the molecule is C=CCC(OC(C)=O)/C(C)=C/c1csc(C)n1. The molecule has 0 saturated heterocycles. The minimum atomic E-state index is -0.279. The Hall–Kier alpha value is -1.42. The van der Waals surface area contributed by atoms with Crippen LogP contribution in [-0.2, 0) is 9.53 Å². The van der Waals surface area contributed by atoms with Gasteiger partial charge in [0, 0.05) is 18.7 Å². The van der Waals surface area contributed by atoms with Crippen molar-refractivity contribution >= 4 is 23.4 Å². The number of thiazole rings is 1. The second-order valence-corrected chi connectivity index (χ2v) is 4.86. The van der Waals surface area contributed by atoms with Gasteiger partial charge in [-0.25, -0.2) is 4.98 Å². The van der Waals surface area contributed by atoms with Crippen LogP contribution in [0.3, 0.4) is 0 Å². The Bertz CT molecular complexity index is 434. The molecule has 0 saturated carbocycles. The molecular weight excluding hydrogens is 234 g/mol. The number of carbonyl (C=O) groups is 1. The van der Waals surface area contributed by atoms with Gasteiger partial charge >= 0.3 is 5.97 Å². The maximum Gasteiger partial charge on any atom is 0.303 e. The molecule has 0 fully saturated rings. The molecular formula is C13H17NO2S. The molecule has 0 aliphatic rings. The van der Waals surface area contributed by atoms with Gasteiger partial charge in [-0.1, -0.05) is 6.08 Å². The lowest BCUT2D eigenvalue weighted by Crippen LogP contribution is -2.16. The van der Waals surface area contributed by atoms with Crippen LogP contribution in [0, 0.1) is 6.92 Å². The first-order valence-corrected chi connectivity index (χ1v) is 6.29. The molecule has 0 N–H and O–H groups in total. The molecule has 0 amide bonds. The van der Waals surface area contributed by atoms with Gasteiger partial charge in [-0.05, 0) is 25.5 Å². The Morgan fingerprint density at radius 2 is 2.35 bits per heavy atom. The van der Waals surface area contributed by atoms with E-state index in [0.717, 1.165) is 16.3 Å². The smallest absolute Gasteiger partial charge is 0.303 e. The topological polar surface area (TPSA) is 39.2 Å². The van der Waals surface area contributed by atoms with Crippen molar-refractivity contribution in [2.75, 3.05) is 0 Å². The average molecular weight is 251 g/mol. The van der Waals surface area contributed by atoms with Crippen LogP contribution in [0.4, 0.5) is 0 Å². The van der Waals surface area contributed by atoms with Crippen molar-refractivity contribution < 1.29 is 9.53 Å². The van der Waals surface area contributed by atoms with Crippen LogP contribution in [0.2, 0.25) is 0 Å². The molecule has 0 aromatic carbocycles. The minimum Gasteiger partial charge on any atom is -0.458 e. The number of hydrogen-bond acceptors (Lipinski definition) is 4. The van der Waals surface area contributed by atoms with Crippen LogP contribution in [0.25, 0.3) is 6.08 Å². The number of rotatable bonds is 5. The first-order valence-electron chi connectivity index (χ1n) is 5.41. The largest absolute Gasteiger partial charge is 0.458 e. The Morgan fingerprint density at radius 1 is 1.65 bits per heavy atom. The van der Waals surface area contributed by atoms with Crippen molar-refractivity contribution in [2.45, 2.75) is 33.3 Å². The van der Waals surface area contributed by atoms with Crippen molar-refractivity contribution in [3.05, 3.63) is 34.3 Å². The number of hydrogen-bond donors (Lipinski definition) is 0. The molecule has 4 heteroatoms. The van der Waals surface area contributed by atoms with E-state index < -0.39 is 0 Å². The zero-order chi connectivity index (χ0) is 12.8. The summed E-state index contributed by atoms with van der Waals surface area (Å²) in [6.45, 7) is 8.98. The molecule has 1 aromatic heterocycles. The molecule has 0 aliphatic carbocycles. The molecule has 17 heavy (non-hydrogen) atoms. The normalized spacial score (nSPS) is 13.2. The van der Waals surface area contributed by atoms with E-state index in [1.165, 1.54) is 6.92 Å². The predicted octanol–water partition coefficient (Wildman–Crippen LogP) is 3.36. The van der Waals surface area contributed by atoms with Crippen molar-refractivity contribution in [3.8, 4) is 0 Å². The maximum absolute atomic E-state index is 11.0. The highest BCUT2D eigenvalue weighted by molar-refractivity contribution is 7.09. The third kappa shape index (κ3) is 4.53. The fraction of sp³-hybridized carbons (Fsp3) is 0.385. The predicted molar refractivity (Wildman–Crippen MR) is 70.9 cm³/mol. The molecule has 0 spiro atoms. The number of aryl methyl sites for hydroxylation is 1. The number of ether oxygens (including phenoxy) is 1. The highest BCUT2D eigenvalue weighted by Crippen LogP contribution is 2.17. The lowest BCUT2D eigenvalue weighted by molar-refractivity contribution is -0.144. The van der Waals surface area contributed by atoms with E-state index in [1.807, 2.05) is 25.3 Å². The lowest BCUT2D eigenvalue weighted by Gasteiger charge is -2.15. The summed E-state index contributed by atoms with van der Waals surface area (Å²) < 4.78 is 5.23. The van der Waals surface area contributed by atoms with E-state index in [4.69, 9.17) is 4.74 Å². The molecule has 1 rings (SSSR count). The fourth-order valence-electron chi connectivity index (χ4n) is 1.45. The van der Waals surface area contributed by atoms with Crippen molar-refractivity contribution in [2.24, 2.45) is 0 Å². The van der Waals surface area contributed by atoms with Gasteiger partial charge in [0.05, 0.1) is 10.7 Å². The van der Waals surface area contributed by atoms with E-state index in [9.17, 15) is 4.79 Å². The second kappa shape index (κ2) is 6.35. The summed E-state index contributed by atoms with van der Waals surface area (Å²) in [5.41, 5.74) is 1.89. The van der Waals surface area contributed by atoms with E-state index in [1.54, 1.807) is 17.4 Å². The quantitative estimate of drug-likeness (QED) is 0.595. The first-order chi connectivity index (χ1) is 8.02. The monoisotopic (exact) mass is 251 g/mol. The summed E-state index contributed by atoms with van der Waals surface area (Å²) in [6, 6.07) is 0. The summed E-state index contributed by atoms with van der Waals surface area (Å²) in [5, 5.41) is 3.01. The highest BCUT2D eigenvalue weighted by Gasteiger charge is 2.12. The van der Waals surface area contributed by atoms with Crippen molar-refractivity contribution in [1.82, 2.24) is 4.98 Å². The van der Waals surface area contributed by atoms with Gasteiger partial charge in [-0.15, -0.1) is 17.9 Å². The summed E-state index contributed by atoms with van der Waals surface area (Å²) in [4.78, 5) is 15.3. The zero-order valence-electron chi connectivity index (χ0n) is 10.4. The molecule has 92 valence electrons. The third-order valence-corrected chi connectivity index (χ3v) is 3.00. The van der Waals surface area contributed by atoms with E-state index in [-0.39, 0.29) is 12.1 Å². The lowest BCUT2D eigenvalue weighted by atomic mass is 10.1. The summed E-state index contributed by atoms with van der Waals surface area (Å²) >= 11 is 1.60. The average Bonchev–Trinajstić information content (AvgIpc) is 2.62. The Morgan fingerprint density at radius 3 is 2.82 bits per heavy atom. The van der Waals surface area contributed by atoms with Crippen LogP contribution in [0.1, 0.15) is 31.0 Å². The van der Waals surface area contributed by atoms with Gasteiger partial charge in [0.15, 0.2) is 0 Å². The van der Waals surface area contributed by atoms with Crippen LogP contribution >= 0.6 is 11.3 Å². The van der Waals surface area contributed by atoms with Gasteiger partial charge in [0.25, 0.3) is 0 Å². The number of esters is 1. The van der Waals surface area contributed by atoms with Gasteiger partial charge < -0.3 is 4.74 Å². The van der Waals surface area contributed by atoms with E-state index in [2.05, 4.69) is 11.6 Å². The van der Waals surface area contributed by atoms with Crippen LogP contribution in [0.5, 0.6) is 0 Å². The molecule has 3 nitrogen and oxygen atoms in total. The van der Waals surface area contributed by atoms with Crippen LogP contribution < -0.4 is 0 Å². The summed E-state index contributed by atoms with van der Waals surface area (Å²) in [5.74, 6) is -0.279. The fourth-order valence-corrected chi connectivity index (χ4v) is 2.02. The Balaban J connectivity index is 2.82. The van der Waals surface area contributed by atoms with Crippen LogP contribution in [-0.4, -0.2) is 17.1 Å². The number of nitrogens with zero attached hydrogens (tertiary/aromatic N) is 1. The molecule has 0 radical (unpaired) electrons. The van der Waals surface area contributed by atoms with E-state index >= 15 is 0 Å². The summed E-state index contributed by atoms with van der Waals surface area (Å²) in [7, 11) is 0. The van der Waals surface area contributed by atoms with Crippen LogP contribution in [0.15, 0.2) is 23.6 Å². The molecule has 1 heterocycles. The molecule has 0 aliphatic heterocycles. The standard InChI is InChI=1S/C13H17NO2S/c1-5-6-13(16-11(4)15)9(2)7-12-8-17-10(3)14-12/h5,7-8,13H,1,6H2,2-4H3/b9-7+. The van der Waals surface area contributed by atoms with Gasteiger partial charge in [-0.2, -0.15) is 0 Å². The van der Waals surface area contributed by atoms with Crippen molar-refractivity contribution in [3.63, 3.8) is 0 Å². The van der Waals surface area contributed by atoms with Gasteiger partial charge in [0.1, 0.15) is 6.10 Å². The zero-order valence-corrected chi connectivity index (χ0v) is 11.2. The third-order valence-electron chi connectivity index (χ3n) is 2.21. The molecule has 1 atom stereocenters. The molecule has 0 bridgehead atoms. The summed E-state index contributed by atoms with van der Waals surface area (Å²) in [6.07, 6.45) is 4.06. The van der Waals surface area contributed by atoms with Gasteiger partial charge in [0.2, 0.25) is 0 Å². The number of aromatic nitrogens is 1. The van der Waals surface area contributed by atoms with Gasteiger partial charge in [-0.3, -0.25) is 4.79 Å². The first kappa shape index (κ1) is 13.6. The Kier molecular flexibility index (Phi) is 5.10. The van der Waals surface area contributed by atoms with E-state index in [0.29, 0.717) is 6.42 Å².